The second-order valence-electron chi connectivity index (χ2n) is 4.47. The van der Waals surface area contributed by atoms with Gasteiger partial charge in [-0.05, 0) is 12.1 Å². The Bertz CT molecular complexity index is 856. The molecule has 90 valence electrons. The monoisotopic (exact) mass is 248 g/mol. The summed E-state index contributed by atoms with van der Waals surface area (Å²) in [5.41, 5.74) is 2.83. The van der Waals surface area contributed by atoms with Crippen molar-refractivity contribution in [3.8, 4) is 11.3 Å². The van der Waals surface area contributed by atoms with E-state index >= 15 is 0 Å². The van der Waals surface area contributed by atoms with Gasteiger partial charge < -0.3 is 5.21 Å². The number of para-hydroxylation sites is 2. The number of nitrogens with zero attached hydrogens (tertiary/aromatic N) is 2. The largest absolute Gasteiger partial charge is 0.618 e. The Kier molecular flexibility index (Phi) is 1.82. The van der Waals surface area contributed by atoms with Crippen molar-refractivity contribution >= 4 is 16.8 Å². The Morgan fingerprint density at radius 1 is 0.947 bits per heavy atom. The summed E-state index contributed by atoms with van der Waals surface area (Å²) in [5.74, 6) is -0.180. The van der Waals surface area contributed by atoms with Crippen LogP contribution < -0.4 is 4.73 Å². The number of benzene rings is 2. The fourth-order valence-corrected chi connectivity index (χ4v) is 2.53. The second kappa shape index (κ2) is 3.38. The molecule has 19 heavy (non-hydrogen) atoms. The van der Waals surface area contributed by atoms with E-state index in [0.29, 0.717) is 27.9 Å². The lowest BCUT2D eigenvalue weighted by Crippen LogP contribution is -2.31. The molecule has 0 spiro atoms. The zero-order valence-corrected chi connectivity index (χ0v) is 9.83. The number of carbonyl (C=O) groups excluding carboxylic acids is 1. The molecule has 0 saturated carbocycles. The molecule has 4 nitrogen and oxygen atoms in total. The molecule has 3 aromatic rings. The van der Waals surface area contributed by atoms with Gasteiger partial charge >= 0.3 is 0 Å². The number of hydrogen-bond acceptors (Lipinski definition) is 3. The molecule has 4 rings (SSSR count). The van der Waals surface area contributed by atoms with Gasteiger partial charge in [0.1, 0.15) is 5.52 Å². The van der Waals surface area contributed by atoms with Crippen molar-refractivity contribution in [3.05, 3.63) is 65.0 Å². The highest BCUT2D eigenvalue weighted by molar-refractivity contribution is 6.19. The molecule has 2 aromatic carbocycles. The quantitative estimate of drug-likeness (QED) is 0.353. The van der Waals surface area contributed by atoms with Crippen LogP contribution in [-0.4, -0.2) is 10.8 Å². The minimum Gasteiger partial charge on any atom is -0.618 e. The lowest BCUT2D eigenvalue weighted by molar-refractivity contribution is -0.565. The van der Waals surface area contributed by atoms with E-state index in [2.05, 4.69) is 4.98 Å². The third-order valence-electron chi connectivity index (χ3n) is 3.40. The van der Waals surface area contributed by atoms with Gasteiger partial charge in [-0.25, -0.2) is 4.98 Å². The van der Waals surface area contributed by atoms with Gasteiger partial charge in [0.05, 0.1) is 5.56 Å². The van der Waals surface area contributed by atoms with Crippen LogP contribution in [0.5, 0.6) is 0 Å². The average molecular weight is 248 g/mol. The van der Waals surface area contributed by atoms with Crippen LogP contribution >= 0.6 is 0 Å². The molecule has 0 radical (unpaired) electrons. The zero-order valence-electron chi connectivity index (χ0n) is 9.83. The van der Waals surface area contributed by atoms with Crippen LogP contribution in [-0.2, 0) is 0 Å². The molecule has 1 aliphatic rings. The highest BCUT2D eigenvalue weighted by Crippen LogP contribution is 2.33. The lowest BCUT2D eigenvalue weighted by atomic mass is 10.1. The lowest BCUT2D eigenvalue weighted by Gasteiger charge is -2.05. The van der Waals surface area contributed by atoms with Crippen molar-refractivity contribution in [2.75, 3.05) is 0 Å². The topological polar surface area (TPSA) is 56.9 Å². The van der Waals surface area contributed by atoms with E-state index < -0.39 is 0 Å². The summed E-state index contributed by atoms with van der Waals surface area (Å²) >= 11 is 0. The highest BCUT2D eigenvalue weighted by atomic mass is 16.5. The van der Waals surface area contributed by atoms with Gasteiger partial charge in [0.2, 0.25) is 11.3 Å². The molecule has 1 aromatic heterocycles. The third-order valence-corrected chi connectivity index (χ3v) is 3.40. The highest BCUT2D eigenvalue weighted by Gasteiger charge is 2.35. The van der Waals surface area contributed by atoms with Crippen LogP contribution in [0.1, 0.15) is 16.1 Å². The van der Waals surface area contributed by atoms with Crippen LogP contribution in [0, 0.1) is 5.21 Å². The minimum absolute atomic E-state index is 0.180. The molecule has 0 unspecified atom stereocenters. The molecule has 0 bridgehead atoms. The van der Waals surface area contributed by atoms with Crippen LogP contribution in [0.3, 0.4) is 0 Å². The first-order valence-electron chi connectivity index (χ1n) is 5.94. The summed E-state index contributed by atoms with van der Waals surface area (Å²) in [6.45, 7) is 0. The van der Waals surface area contributed by atoms with Crippen molar-refractivity contribution in [1.29, 1.82) is 0 Å². The van der Waals surface area contributed by atoms with Gasteiger partial charge in [-0.1, -0.05) is 30.3 Å². The van der Waals surface area contributed by atoms with Gasteiger partial charge in [-0.15, -0.1) is 0 Å². The summed E-state index contributed by atoms with van der Waals surface area (Å²) in [6, 6.07) is 14.1. The van der Waals surface area contributed by atoms with Gasteiger partial charge in [-0.2, -0.15) is 4.73 Å². The first-order chi connectivity index (χ1) is 9.27. The van der Waals surface area contributed by atoms with Crippen LogP contribution in [0.15, 0.2) is 48.5 Å². The molecule has 0 amide bonds. The van der Waals surface area contributed by atoms with E-state index in [1.165, 1.54) is 0 Å². The number of carbonyl (C=O) groups is 1. The smallest absolute Gasteiger partial charge is 0.255 e. The number of aromatic nitrogens is 2. The normalized spacial score (nSPS) is 12.5. The van der Waals surface area contributed by atoms with E-state index in [1.54, 1.807) is 42.5 Å². The van der Waals surface area contributed by atoms with Crippen molar-refractivity contribution in [2.24, 2.45) is 0 Å². The molecular formula is C15H8N2O2. The average Bonchev–Trinajstić information content (AvgIpc) is 2.74. The SMILES string of the molecule is O=C1c2ccccc2-c2c1nc1ccccc1[n+]2[O-]. The standard InChI is InChI=1S/C15H8N2O2/c18-15-10-6-2-1-5-9(10)14-13(15)16-11-7-3-4-8-12(11)17(14)19/h1-8H. The maximum atomic E-state index is 12.5. The third kappa shape index (κ3) is 1.20. The Morgan fingerprint density at radius 3 is 2.47 bits per heavy atom. The number of ketones is 1. The molecule has 0 atom stereocenters. The predicted octanol–water partition coefficient (Wildman–Crippen LogP) is 2.08. The fraction of sp³-hybridized carbons (Fsp3) is 0. The van der Waals surface area contributed by atoms with E-state index in [-0.39, 0.29) is 11.5 Å². The molecule has 0 saturated heterocycles. The molecule has 1 aliphatic carbocycles. The summed E-state index contributed by atoms with van der Waals surface area (Å²) in [7, 11) is 0. The van der Waals surface area contributed by atoms with E-state index in [1.807, 2.05) is 6.07 Å². The van der Waals surface area contributed by atoms with Crippen molar-refractivity contribution in [3.63, 3.8) is 0 Å². The molecular weight excluding hydrogens is 240 g/mol. The summed E-state index contributed by atoms with van der Waals surface area (Å²) < 4.78 is 0.807. The Balaban J connectivity index is 2.20. The Morgan fingerprint density at radius 2 is 1.63 bits per heavy atom. The molecule has 1 heterocycles. The van der Waals surface area contributed by atoms with E-state index in [0.717, 1.165) is 4.73 Å². The first-order valence-corrected chi connectivity index (χ1v) is 5.94. The van der Waals surface area contributed by atoms with Gasteiger partial charge in [0.15, 0.2) is 5.69 Å². The number of fused-ring (bicyclic) bond motifs is 4. The summed E-state index contributed by atoms with van der Waals surface area (Å²) in [6.07, 6.45) is 0. The maximum Gasteiger partial charge on any atom is 0.255 e. The van der Waals surface area contributed by atoms with E-state index in [4.69, 9.17) is 0 Å². The van der Waals surface area contributed by atoms with Crippen LogP contribution in [0.4, 0.5) is 0 Å². The Labute approximate surface area is 108 Å². The Hall–Kier alpha value is -2.75. The van der Waals surface area contributed by atoms with Crippen LogP contribution in [0.2, 0.25) is 0 Å². The summed E-state index contributed by atoms with van der Waals surface area (Å²) in [4.78, 5) is 16.6. The van der Waals surface area contributed by atoms with Crippen LogP contribution in [0.25, 0.3) is 22.3 Å². The van der Waals surface area contributed by atoms with Gasteiger partial charge in [0.25, 0.3) is 5.69 Å². The first kappa shape index (κ1) is 10.2. The summed E-state index contributed by atoms with van der Waals surface area (Å²) in [5, 5.41) is 12.5. The number of hydrogen-bond donors (Lipinski definition) is 0. The van der Waals surface area contributed by atoms with Gasteiger partial charge in [0, 0.05) is 11.6 Å². The predicted molar refractivity (Wildman–Crippen MR) is 69.6 cm³/mol. The molecule has 4 heteroatoms. The zero-order chi connectivity index (χ0) is 13.0. The minimum atomic E-state index is -0.180. The number of rotatable bonds is 0. The second-order valence-corrected chi connectivity index (χ2v) is 4.47. The molecule has 0 fully saturated rings. The maximum absolute atomic E-state index is 12.5. The fourth-order valence-electron chi connectivity index (χ4n) is 2.53. The molecule has 0 N–H and O–H groups in total. The van der Waals surface area contributed by atoms with Crippen molar-refractivity contribution in [1.82, 2.24) is 4.98 Å². The van der Waals surface area contributed by atoms with Crippen molar-refractivity contribution in [2.45, 2.75) is 0 Å². The van der Waals surface area contributed by atoms with Crippen molar-refractivity contribution < 1.29 is 9.52 Å². The van der Waals surface area contributed by atoms with E-state index in [9.17, 15) is 10.0 Å². The van der Waals surface area contributed by atoms with Gasteiger partial charge in [-0.3, -0.25) is 4.79 Å². The molecule has 0 aliphatic heterocycles.